The lowest BCUT2D eigenvalue weighted by molar-refractivity contribution is -0.384. The molecule has 144 valence electrons. The van der Waals surface area contributed by atoms with Gasteiger partial charge in [0.25, 0.3) is 5.69 Å². The number of hydrogen-bond acceptors (Lipinski definition) is 6. The highest BCUT2D eigenvalue weighted by Crippen LogP contribution is 2.29. The number of aryl methyl sites for hydroxylation is 1. The molecule has 0 fully saturated rings. The van der Waals surface area contributed by atoms with Crippen molar-refractivity contribution in [3.63, 3.8) is 0 Å². The van der Waals surface area contributed by atoms with Gasteiger partial charge in [0.15, 0.2) is 0 Å². The first-order valence-corrected chi connectivity index (χ1v) is 9.23. The highest BCUT2D eigenvalue weighted by molar-refractivity contribution is 7.17. The Hall–Kier alpha value is -3.30. The molecule has 0 bridgehead atoms. The normalized spacial score (nSPS) is 11.8. The van der Waals surface area contributed by atoms with Crippen molar-refractivity contribution in [2.24, 2.45) is 0 Å². The summed E-state index contributed by atoms with van der Waals surface area (Å²) >= 11 is 1.49. The number of benzene rings is 2. The number of non-ortho nitro benzene ring substituents is 1. The minimum atomic E-state index is -0.950. The van der Waals surface area contributed by atoms with Gasteiger partial charge in [-0.05, 0) is 35.4 Å². The highest BCUT2D eigenvalue weighted by Gasteiger charge is 2.19. The van der Waals surface area contributed by atoms with E-state index in [1.807, 2.05) is 29.6 Å². The molecule has 0 aliphatic heterocycles. The maximum Gasteiger partial charge on any atom is 0.313 e. The Morgan fingerprint density at radius 2 is 1.96 bits per heavy atom. The molecule has 0 spiro atoms. The van der Waals surface area contributed by atoms with Gasteiger partial charge in [0, 0.05) is 34.6 Å². The van der Waals surface area contributed by atoms with Crippen molar-refractivity contribution in [1.82, 2.24) is 5.32 Å². The largest absolute Gasteiger partial charge is 0.387 e. The van der Waals surface area contributed by atoms with Gasteiger partial charge in [0.2, 0.25) is 0 Å². The summed E-state index contributed by atoms with van der Waals surface area (Å²) in [5, 5.41) is 28.6. The van der Waals surface area contributed by atoms with Crippen LogP contribution in [0.5, 0.6) is 0 Å². The quantitative estimate of drug-likeness (QED) is 0.346. The highest BCUT2D eigenvalue weighted by atomic mass is 32.1. The standard InChI is InChI=1S/C19H17N3O5S/c1-11-8-12(22(26)27)6-7-15(11)21-19(25)18(24)20-9-16(23)14-10-28-17-5-3-2-4-13(14)17/h2-8,10,16,23H,9H2,1H3,(H,20,24)(H,21,25). The smallest absolute Gasteiger partial charge is 0.313 e. The van der Waals surface area contributed by atoms with E-state index in [0.717, 1.165) is 10.1 Å². The van der Waals surface area contributed by atoms with Crippen molar-refractivity contribution < 1.29 is 19.6 Å². The molecule has 0 aliphatic carbocycles. The SMILES string of the molecule is Cc1cc([N+](=O)[O-])ccc1NC(=O)C(=O)NCC(O)c1csc2ccccc12. The van der Waals surface area contributed by atoms with E-state index in [9.17, 15) is 24.8 Å². The van der Waals surface area contributed by atoms with Crippen LogP contribution in [0.2, 0.25) is 0 Å². The van der Waals surface area contributed by atoms with Crippen molar-refractivity contribution in [1.29, 1.82) is 0 Å². The predicted molar refractivity (Wildman–Crippen MR) is 106 cm³/mol. The average Bonchev–Trinajstić information content (AvgIpc) is 3.11. The number of rotatable bonds is 5. The second kappa shape index (κ2) is 8.15. The summed E-state index contributed by atoms with van der Waals surface area (Å²) in [5.41, 5.74) is 1.34. The van der Waals surface area contributed by atoms with Crippen molar-refractivity contribution in [3.8, 4) is 0 Å². The minimum absolute atomic E-state index is 0.105. The van der Waals surface area contributed by atoms with Crippen LogP contribution in [0, 0.1) is 17.0 Å². The Bertz CT molecular complexity index is 1060. The Labute approximate surface area is 164 Å². The number of aliphatic hydroxyl groups excluding tert-OH is 1. The zero-order valence-electron chi connectivity index (χ0n) is 14.8. The van der Waals surface area contributed by atoms with Gasteiger partial charge in [-0.1, -0.05) is 18.2 Å². The van der Waals surface area contributed by atoms with Gasteiger partial charge in [0.1, 0.15) is 0 Å². The van der Waals surface area contributed by atoms with Gasteiger partial charge in [0.05, 0.1) is 11.0 Å². The number of fused-ring (bicyclic) bond motifs is 1. The van der Waals surface area contributed by atoms with Gasteiger partial charge in [-0.25, -0.2) is 0 Å². The fraction of sp³-hybridized carbons (Fsp3) is 0.158. The number of thiophene rings is 1. The first kappa shape index (κ1) is 19.5. The topological polar surface area (TPSA) is 122 Å². The third kappa shape index (κ3) is 4.16. The summed E-state index contributed by atoms with van der Waals surface area (Å²) in [6.45, 7) is 1.47. The van der Waals surface area contributed by atoms with Gasteiger partial charge in [-0.2, -0.15) is 0 Å². The van der Waals surface area contributed by atoms with E-state index in [2.05, 4.69) is 10.6 Å². The first-order valence-electron chi connectivity index (χ1n) is 8.35. The Morgan fingerprint density at radius 1 is 1.21 bits per heavy atom. The summed E-state index contributed by atoms with van der Waals surface area (Å²) in [7, 11) is 0. The third-order valence-electron chi connectivity index (χ3n) is 4.20. The number of nitrogens with zero attached hydrogens (tertiary/aromatic N) is 1. The molecule has 2 aromatic carbocycles. The summed E-state index contributed by atoms with van der Waals surface area (Å²) < 4.78 is 1.02. The van der Waals surface area contributed by atoms with Crippen LogP contribution in [-0.2, 0) is 9.59 Å². The molecule has 8 nitrogen and oxygen atoms in total. The van der Waals surface area contributed by atoms with Crippen LogP contribution < -0.4 is 10.6 Å². The zero-order chi connectivity index (χ0) is 20.3. The number of carbonyl (C=O) groups excluding carboxylic acids is 2. The molecule has 9 heteroatoms. The van der Waals surface area contributed by atoms with E-state index >= 15 is 0 Å². The van der Waals surface area contributed by atoms with Crippen LogP contribution in [0.15, 0.2) is 47.8 Å². The van der Waals surface area contributed by atoms with Crippen LogP contribution >= 0.6 is 11.3 Å². The van der Waals surface area contributed by atoms with Crippen molar-refractivity contribution in [2.75, 3.05) is 11.9 Å². The number of nitro benzene ring substituents is 1. The molecule has 3 aromatic rings. The fourth-order valence-electron chi connectivity index (χ4n) is 2.72. The lowest BCUT2D eigenvalue weighted by atomic mass is 10.1. The monoisotopic (exact) mass is 399 g/mol. The van der Waals surface area contributed by atoms with Crippen LogP contribution in [0.25, 0.3) is 10.1 Å². The van der Waals surface area contributed by atoms with Crippen LogP contribution in [0.1, 0.15) is 17.2 Å². The molecule has 1 heterocycles. The maximum absolute atomic E-state index is 12.1. The molecule has 28 heavy (non-hydrogen) atoms. The first-order chi connectivity index (χ1) is 13.4. The van der Waals surface area contributed by atoms with E-state index in [4.69, 9.17) is 0 Å². The summed E-state index contributed by atoms with van der Waals surface area (Å²) in [4.78, 5) is 34.3. The third-order valence-corrected chi connectivity index (χ3v) is 5.18. The van der Waals surface area contributed by atoms with E-state index in [0.29, 0.717) is 16.8 Å². The Kier molecular flexibility index (Phi) is 5.67. The predicted octanol–water partition coefficient (Wildman–Crippen LogP) is 2.91. The molecule has 0 saturated carbocycles. The molecule has 0 aliphatic rings. The minimum Gasteiger partial charge on any atom is -0.387 e. The number of amides is 2. The van der Waals surface area contributed by atoms with Crippen LogP contribution in [0.3, 0.4) is 0 Å². The summed E-state index contributed by atoms with van der Waals surface area (Å²) in [6.07, 6.45) is -0.950. The average molecular weight is 399 g/mol. The summed E-state index contributed by atoms with van der Waals surface area (Å²) in [6, 6.07) is 11.5. The zero-order valence-corrected chi connectivity index (χ0v) is 15.7. The van der Waals surface area contributed by atoms with E-state index in [1.54, 1.807) is 6.92 Å². The Morgan fingerprint density at radius 3 is 2.68 bits per heavy atom. The molecule has 2 amide bonds. The number of carbonyl (C=O) groups is 2. The molecular weight excluding hydrogens is 382 g/mol. The van der Waals surface area contributed by atoms with Gasteiger partial charge < -0.3 is 15.7 Å². The molecular formula is C19H17N3O5S. The Balaban J connectivity index is 1.60. The van der Waals surface area contributed by atoms with Gasteiger partial charge >= 0.3 is 11.8 Å². The lowest BCUT2D eigenvalue weighted by Gasteiger charge is -2.12. The van der Waals surface area contributed by atoms with E-state index in [-0.39, 0.29) is 12.2 Å². The van der Waals surface area contributed by atoms with E-state index < -0.39 is 22.8 Å². The van der Waals surface area contributed by atoms with Crippen molar-refractivity contribution in [2.45, 2.75) is 13.0 Å². The lowest BCUT2D eigenvalue weighted by Crippen LogP contribution is -2.37. The number of hydrogen-bond donors (Lipinski definition) is 3. The van der Waals surface area contributed by atoms with Crippen molar-refractivity contribution >= 4 is 44.6 Å². The molecule has 1 atom stereocenters. The maximum atomic E-state index is 12.1. The van der Waals surface area contributed by atoms with Gasteiger partial charge in [-0.15, -0.1) is 11.3 Å². The molecule has 3 N–H and O–H groups in total. The second-order valence-corrected chi connectivity index (χ2v) is 7.03. The van der Waals surface area contributed by atoms with Crippen molar-refractivity contribution in [3.05, 3.63) is 69.1 Å². The van der Waals surface area contributed by atoms with Crippen LogP contribution in [-0.4, -0.2) is 28.4 Å². The molecule has 3 rings (SSSR count). The van der Waals surface area contributed by atoms with Crippen LogP contribution in [0.4, 0.5) is 11.4 Å². The summed E-state index contributed by atoms with van der Waals surface area (Å²) in [5.74, 6) is -1.82. The fourth-order valence-corrected chi connectivity index (χ4v) is 3.72. The second-order valence-electron chi connectivity index (χ2n) is 6.12. The number of aliphatic hydroxyl groups is 1. The molecule has 1 aromatic heterocycles. The molecule has 0 radical (unpaired) electrons. The number of nitro groups is 1. The molecule has 0 saturated heterocycles. The van der Waals surface area contributed by atoms with Gasteiger partial charge in [-0.3, -0.25) is 19.7 Å². The molecule has 1 unspecified atom stereocenters. The number of nitrogens with one attached hydrogen (secondary N) is 2. The number of anilines is 1. The van der Waals surface area contributed by atoms with E-state index in [1.165, 1.54) is 29.5 Å².